The number of benzene rings is 3. The van der Waals surface area contributed by atoms with Crippen LogP contribution in [0.1, 0.15) is 57.7 Å². The van der Waals surface area contributed by atoms with E-state index in [1.54, 1.807) is 19.2 Å². The van der Waals surface area contributed by atoms with Gasteiger partial charge in [-0.15, -0.1) is 0 Å². The van der Waals surface area contributed by atoms with E-state index in [2.05, 4.69) is 38.2 Å². The number of methoxy groups -OCH3 is 1. The Morgan fingerprint density at radius 2 is 1.66 bits per heavy atom. The van der Waals surface area contributed by atoms with Gasteiger partial charge in [-0.3, -0.25) is 4.79 Å². The summed E-state index contributed by atoms with van der Waals surface area (Å²) in [7, 11) is 1.61. The fraction of sp³-hybridized carbons (Fsp3) is 0.267. The van der Waals surface area contributed by atoms with Crippen LogP contribution in [0.2, 0.25) is 0 Å². The summed E-state index contributed by atoms with van der Waals surface area (Å²) in [6.07, 6.45) is 1.76. The van der Waals surface area contributed by atoms with Gasteiger partial charge in [0.2, 0.25) is 0 Å². The Bertz CT molecular complexity index is 1230. The lowest BCUT2D eigenvalue weighted by Gasteiger charge is -2.14. The van der Waals surface area contributed by atoms with Crippen LogP contribution in [0, 0.1) is 6.92 Å². The van der Waals surface area contributed by atoms with Crippen LogP contribution in [0.15, 0.2) is 72.3 Å². The van der Waals surface area contributed by atoms with E-state index >= 15 is 0 Å². The molecule has 35 heavy (non-hydrogen) atoms. The summed E-state index contributed by atoms with van der Waals surface area (Å²) in [6.45, 7) is 7.27. The molecule has 0 aliphatic rings. The lowest BCUT2D eigenvalue weighted by molar-refractivity contribution is 0.0697. The first-order valence-corrected chi connectivity index (χ1v) is 11.8. The second kappa shape index (κ2) is 12.1. The van der Waals surface area contributed by atoms with E-state index < -0.39 is 5.97 Å². The highest BCUT2D eigenvalue weighted by molar-refractivity contribution is 5.96. The number of allylic oxidation sites excluding steroid dienone is 2. The van der Waals surface area contributed by atoms with Gasteiger partial charge in [0.25, 0.3) is 5.91 Å². The van der Waals surface area contributed by atoms with E-state index in [0.29, 0.717) is 24.3 Å². The Hall–Kier alpha value is -3.70. The Morgan fingerprint density at radius 1 is 0.943 bits per heavy atom. The number of hydrogen-bond donors (Lipinski definition) is 2. The molecular weight excluding hydrogens is 438 g/mol. The molecule has 0 heterocycles. The van der Waals surface area contributed by atoms with Crippen molar-refractivity contribution in [2.24, 2.45) is 0 Å². The number of amides is 1. The van der Waals surface area contributed by atoms with Gasteiger partial charge in [-0.1, -0.05) is 54.1 Å². The summed E-state index contributed by atoms with van der Waals surface area (Å²) < 4.78 is 5.00. The highest BCUT2D eigenvalue weighted by atomic mass is 16.5. The topological polar surface area (TPSA) is 75.6 Å². The predicted molar refractivity (Wildman–Crippen MR) is 141 cm³/mol. The monoisotopic (exact) mass is 471 g/mol. The Morgan fingerprint density at radius 3 is 2.34 bits per heavy atom. The number of hydrogen-bond acceptors (Lipinski definition) is 3. The van der Waals surface area contributed by atoms with Crippen molar-refractivity contribution in [2.45, 2.75) is 33.6 Å². The maximum Gasteiger partial charge on any atom is 0.336 e. The van der Waals surface area contributed by atoms with Crippen LogP contribution >= 0.6 is 0 Å². The molecule has 0 saturated heterocycles. The van der Waals surface area contributed by atoms with Crippen LogP contribution in [-0.2, 0) is 11.2 Å². The second-order valence-corrected chi connectivity index (χ2v) is 8.73. The summed E-state index contributed by atoms with van der Waals surface area (Å²) in [5.41, 5.74) is 8.43. The second-order valence-electron chi connectivity index (χ2n) is 8.73. The number of rotatable bonds is 10. The van der Waals surface area contributed by atoms with Crippen LogP contribution in [-0.4, -0.2) is 37.2 Å². The summed E-state index contributed by atoms with van der Waals surface area (Å²) in [5, 5.41) is 12.3. The van der Waals surface area contributed by atoms with Crippen molar-refractivity contribution in [3.8, 4) is 11.1 Å². The van der Waals surface area contributed by atoms with E-state index in [0.717, 1.165) is 35.1 Å². The molecule has 5 heteroatoms. The van der Waals surface area contributed by atoms with Crippen molar-refractivity contribution in [2.75, 3.05) is 20.3 Å². The number of carboxylic acids is 1. The molecule has 0 bridgehead atoms. The Balaban J connectivity index is 1.72. The van der Waals surface area contributed by atoms with Gasteiger partial charge in [0, 0.05) is 19.2 Å². The third-order valence-corrected chi connectivity index (χ3v) is 6.35. The normalized spacial score (nSPS) is 11.7. The summed E-state index contributed by atoms with van der Waals surface area (Å²) in [5.74, 6) is -1.02. The Labute approximate surface area is 207 Å². The molecule has 0 aliphatic heterocycles. The minimum atomic E-state index is -0.923. The zero-order valence-electron chi connectivity index (χ0n) is 20.9. The van der Waals surface area contributed by atoms with Crippen molar-refractivity contribution in [1.29, 1.82) is 0 Å². The molecule has 1 amide bonds. The minimum Gasteiger partial charge on any atom is -0.478 e. The van der Waals surface area contributed by atoms with E-state index in [1.807, 2.05) is 42.5 Å². The Kier molecular flexibility index (Phi) is 8.98. The predicted octanol–water partition coefficient (Wildman–Crippen LogP) is 6.16. The number of carbonyl (C=O) groups excluding carboxylic acids is 1. The van der Waals surface area contributed by atoms with Gasteiger partial charge < -0.3 is 15.2 Å². The molecule has 0 fully saturated rings. The zero-order chi connectivity index (χ0) is 25.4. The maximum absolute atomic E-state index is 12.5. The molecule has 2 N–H and O–H groups in total. The van der Waals surface area contributed by atoms with E-state index in [1.165, 1.54) is 16.7 Å². The highest BCUT2D eigenvalue weighted by Gasteiger charge is 2.12. The van der Waals surface area contributed by atoms with Crippen molar-refractivity contribution in [3.05, 3.63) is 100 Å². The SMILES string of the molecule is COCCNC(=O)c1ccc(C)c(/C(C)=C(/C)CCc2ccc(-c3ccccc3C(=O)O)cc2)c1. The van der Waals surface area contributed by atoms with Crippen LogP contribution in [0.4, 0.5) is 0 Å². The molecule has 0 aromatic heterocycles. The zero-order valence-corrected chi connectivity index (χ0v) is 20.9. The number of carbonyl (C=O) groups is 2. The van der Waals surface area contributed by atoms with Gasteiger partial charge in [0.15, 0.2) is 0 Å². The molecule has 3 rings (SSSR count). The fourth-order valence-electron chi connectivity index (χ4n) is 4.06. The third-order valence-electron chi connectivity index (χ3n) is 6.35. The average Bonchev–Trinajstić information content (AvgIpc) is 2.87. The first kappa shape index (κ1) is 25.9. The summed E-state index contributed by atoms with van der Waals surface area (Å²) in [4.78, 5) is 24.0. The van der Waals surface area contributed by atoms with Gasteiger partial charge in [-0.2, -0.15) is 0 Å². The number of aromatic carboxylic acids is 1. The van der Waals surface area contributed by atoms with Gasteiger partial charge in [0.1, 0.15) is 0 Å². The third kappa shape index (κ3) is 6.67. The van der Waals surface area contributed by atoms with Crippen LogP contribution < -0.4 is 5.32 Å². The highest BCUT2D eigenvalue weighted by Crippen LogP contribution is 2.27. The smallest absolute Gasteiger partial charge is 0.336 e. The molecule has 0 spiro atoms. The van der Waals surface area contributed by atoms with Crippen molar-refractivity contribution < 1.29 is 19.4 Å². The number of nitrogens with one attached hydrogen (secondary N) is 1. The number of aryl methyl sites for hydroxylation is 2. The molecule has 0 radical (unpaired) electrons. The van der Waals surface area contributed by atoms with Crippen molar-refractivity contribution in [3.63, 3.8) is 0 Å². The van der Waals surface area contributed by atoms with Gasteiger partial charge in [-0.25, -0.2) is 4.79 Å². The molecule has 0 saturated carbocycles. The maximum atomic E-state index is 12.5. The first-order chi connectivity index (χ1) is 16.8. The standard InChI is InChI=1S/C30H33NO4/c1-20(22(3)28-19-25(14-10-21(28)2)29(32)31-17-18-35-4)9-11-23-12-15-24(16-13-23)26-7-5-6-8-27(26)30(33)34/h5-8,10,12-16,19H,9,11,17-18H2,1-4H3,(H,31,32)(H,33,34)/b22-20-. The minimum absolute atomic E-state index is 0.0988. The average molecular weight is 472 g/mol. The van der Waals surface area contributed by atoms with Gasteiger partial charge in [0.05, 0.1) is 12.2 Å². The fourth-order valence-corrected chi connectivity index (χ4v) is 4.06. The van der Waals surface area contributed by atoms with Gasteiger partial charge in [-0.05, 0) is 85.2 Å². The van der Waals surface area contributed by atoms with E-state index in [-0.39, 0.29) is 5.91 Å². The lowest BCUT2D eigenvalue weighted by Crippen LogP contribution is -2.27. The first-order valence-electron chi connectivity index (χ1n) is 11.8. The molecule has 0 unspecified atom stereocenters. The van der Waals surface area contributed by atoms with Gasteiger partial charge >= 0.3 is 5.97 Å². The van der Waals surface area contributed by atoms with E-state index in [4.69, 9.17) is 4.74 Å². The molecule has 5 nitrogen and oxygen atoms in total. The van der Waals surface area contributed by atoms with Crippen LogP contribution in [0.3, 0.4) is 0 Å². The van der Waals surface area contributed by atoms with Crippen molar-refractivity contribution in [1.82, 2.24) is 5.32 Å². The van der Waals surface area contributed by atoms with Crippen LogP contribution in [0.5, 0.6) is 0 Å². The van der Waals surface area contributed by atoms with Crippen molar-refractivity contribution >= 4 is 17.4 Å². The molecule has 3 aromatic carbocycles. The lowest BCUT2D eigenvalue weighted by atomic mass is 9.92. The van der Waals surface area contributed by atoms with E-state index in [9.17, 15) is 14.7 Å². The molecule has 3 aromatic rings. The molecule has 182 valence electrons. The quantitative estimate of drug-likeness (QED) is 0.347. The molecule has 0 aliphatic carbocycles. The summed E-state index contributed by atoms with van der Waals surface area (Å²) in [6, 6.07) is 21.0. The number of ether oxygens (including phenoxy) is 1. The van der Waals surface area contributed by atoms with Crippen LogP contribution in [0.25, 0.3) is 16.7 Å². The number of carboxylic acid groups (broad SMARTS) is 1. The summed E-state index contributed by atoms with van der Waals surface area (Å²) >= 11 is 0. The molecule has 0 atom stereocenters. The largest absolute Gasteiger partial charge is 0.478 e. The molecular formula is C30H33NO4.